The van der Waals surface area contributed by atoms with Gasteiger partial charge in [-0.2, -0.15) is 0 Å². The molecule has 9 nitrogen and oxygen atoms in total. The van der Waals surface area contributed by atoms with Crippen LogP contribution in [0, 0.1) is 0 Å². The molecule has 13 heteroatoms. The van der Waals surface area contributed by atoms with E-state index in [1.54, 1.807) is 25.1 Å². The van der Waals surface area contributed by atoms with Gasteiger partial charge in [0.15, 0.2) is 5.78 Å². The van der Waals surface area contributed by atoms with Gasteiger partial charge in [-0.3, -0.25) is 19.0 Å². The van der Waals surface area contributed by atoms with Crippen LogP contribution < -0.4 is 15.6 Å². The molecule has 0 aliphatic rings. The van der Waals surface area contributed by atoms with Gasteiger partial charge in [0.25, 0.3) is 5.56 Å². The van der Waals surface area contributed by atoms with E-state index in [1.807, 2.05) is 44.3 Å². The molecule has 1 amide bonds. The topological polar surface area (TPSA) is 124 Å². The van der Waals surface area contributed by atoms with Crippen LogP contribution in [0.3, 0.4) is 0 Å². The zero-order valence-electron chi connectivity index (χ0n) is 25.6. The fourth-order valence-corrected chi connectivity index (χ4v) is 4.53. The van der Waals surface area contributed by atoms with Crippen molar-refractivity contribution in [3.05, 3.63) is 81.2 Å². The van der Waals surface area contributed by atoms with E-state index in [4.69, 9.17) is 21.1 Å². The number of nitrogens with one attached hydrogen (secondary N) is 1. The second-order valence-electron chi connectivity index (χ2n) is 12.1. The van der Waals surface area contributed by atoms with Gasteiger partial charge in [0.1, 0.15) is 35.3 Å². The molecule has 1 heterocycles. The molecular formula is C30H36B3ClN2O7. The van der Waals surface area contributed by atoms with Crippen LogP contribution in [-0.4, -0.2) is 68.4 Å². The number of ketones is 1. The lowest BCUT2D eigenvalue weighted by molar-refractivity contribution is -0.120. The molecule has 224 valence electrons. The van der Waals surface area contributed by atoms with Gasteiger partial charge >= 0.3 is 5.97 Å². The number of carboxylic acids is 1. The summed E-state index contributed by atoms with van der Waals surface area (Å²) in [7, 11) is 5.55. The lowest BCUT2D eigenvalue weighted by Crippen LogP contribution is -2.39. The molecule has 3 rings (SSSR count). The predicted molar refractivity (Wildman–Crippen MR) is 176 cm³/mol. The number of carbonyl (C=O) groups is 3. The number of hydrogen-bond donors (Lipinski definition) is 2. The van der Waals surface area contributed by atoms with Crippen molar-refractivity contribution in [3.8, 4) is 16.9 Å². The summed E-state index contributed by atoms with van der Waals surface area (Å²) in [4.78, 5) is 51.5. The van der Waals surface area contributed by atoms with Gasteiger partial charge in [-0.25, -0.2) is 4.79 Å². The average Bonchev–Trinajstić information content (AvgIpc) is 2.90. The monoisotopic (exact) mass is 604 g/mol. The van der Waals surface area contributed by atoms with Gasteiger partial charge in [-0.1, -0.05) is 18.5 Å². The number of halogens is 1. The number of aromatic carboxylic acids is 1. The second-order valence-corrected chi connectivity index (χ2v) is 12.6. The van der Waals surface area contributed by atoms with E-state index >= 15 is 0 Å². The maximum absolute atomic E-state index is 13.7. The third-order valence-corrected chi connectivity index (χ3v) is 6.55. The number of amides is 1. The van der Waals surface area contributed by atoms with Crippen molar-refractivity contribution in [2.45, 2.75) is 57.5 Å². The zero-order chi connectivity index (χ0) is 32.1. The summed E-state index contributed by atoms with van der Waals surface area (Å²) in [5.74, 6) is -1.42. The molecule has 0 saturated carbocycles. The summed E-state index contributed by atoms with van der Waals surface area (Å²) in [5, 5.41) is 11.7. The maximum atomic E-state index is 13.7. The summed E-state index contributed by atoms with van der Waals surface area (Å²) in [6.07, 6.45) is 1.89. The minimum absolute atomic E-state index is 0.0749. The molecule has 0 aliphatic carbocycles. The Bertz CT molecular complexity index is 1560. The number of rotatable bonds is 12. The Kier molecular flexibility index (Phi) is 10.7. The summed E-state index contributed by atoms with van der Waals surface area (Å²) in [5.41, 5.74) is 0.713. The SMILES string of the molecule is BC(B)(B)Oc1cn([C@@H](CCOC(C)(C)C)C(=O)Nc2ccc(C(=O)O)cc2)c(=O)cc1-c1cc(Cl)ccc1C(=O)CC. The molecule has 3 aromatic rings. The molecule has 0 radical (unpaired) electrons. The minimum Gasteiger partial charge on any atom is -0.511 e. The van der Waals surface area contributed by atoms with E-state index in [-0.39, 0.29) is 30.8 Å². The van der Waals surface area contributed by atoms with E-state index in [1.165, 1.54) is 41.1 Å². The third kappa shape index (κ3) is 9.37. The molecule has 43 heavy (non-hydrogen) atoms. The van der Waals surface area contributed by atoms with E-state index in [9.17, 15) is 24.3 Å². The van der Waals surface area contributed by atoms with Crippen LogP contribution in [0.5, 0.6) is 5.75 Å². The first kappa shape index (κ1) is 33.7. The molecule has 0 saturated heterocycles. The Balaban J connectivity index is 2.16. The molecule has 0 spiro atoms. The zero-order valence-corrected chi connectivity index (χ0v) is 26.4. The highest BCUT2D eigenvalue weighted by Gasteiger charge is 2.27. The highest BCUT2D eigenvalue weighted by molar-refractivity contribution is 6.58. The van der Waals surface area contributed by atoms with Crippen LogP contribution >= 0.6 is 11.6 Å². The Hall–Kier alpha value is -3.76. The molecule has 1 atom stereocenters. The number of ether oxygens (including phenoxy) is 2. The van der Waals surface area contributed by atoms with Crippen LogP contribution in [0.4, 0.5) is 5.69 Å². The number of carbonyl (C=O) groups excluding carboxylic acids is 2. The summed E-state index contributed by atoms with van der Waals surface area (Å²) >= 11 is 6.33. The lowest BCUT2D eigenvalue weighted by atomic mass is 9.52. The third-order valence-electron chi connectivity index (χ3n) is 6.32. The van der Waals surface area contributed by atoms with Gasteiger partial charge in [-0.15, -0.1) is 0 Å². The number of aromatic nitrogens is 1. The molecular weight excluding hydrogens is 568 g/mol. The fourth-order valence-electron chi connectivity index (χ4n) is 4.36. The Labute approximate surface area is 259 Å². The van der Waals surface area contributed by atoms with Crippen molar-refractivity contribution in [3.63, 3.8) is 0 Å². The number of anilines is 1. The number of Topliss-reactive ketones (excluding diaryl/α,β-unsaturated/α-hetero) is 1. The van der Waals surface area contributed by atoms with Crippen LogP contribution in [0.2, 0.25) is 5.02 Å². The second kappa shape index (κ2) is 13.7. The minimum atomic E-state index is -1.09. The van der Waals surface area contributed by atoms with Crippen molar-refractivity contribution in [1.82, 2.24) is 4.57 Å². The molecule has 2 N–H and O–H groups in total. The maximum Gasteiger partial charge on any atom is 0.335 e. The van der Waals surface area contributed by atoms with E-state index < -0.39 is 34.4 Å². The normalized spacial score (nSPS) is 12.4. The number of pyridine rings is 1. The quantitative estimate of drug-likeness (QED) is 0.241. The smallest absolute Gasteiger partial charge is 0.335 e. The number of hydrogen-bond acceptors (Lipinski definition) is 6. The first-order chi connectivity index (χ1) is 20.0. The summed E-state index contributed by atoms with van der Waals surface area (Å²) in [6, 6.07) is 10.9. The van der Waals surface area contributed by atoms with E-state index in [0.29, 0.717) is 33.1 Å². The Morgan fingerprint density at radius 2 is 1.67 bits per heavy atom. The van der Waals surface area contributed by atoms with Gasteiger partial charge in [0.2, 0.25) is 5.91 Å². The molecule has 0 bridgehead atoms. The van der Waals surface area contributed by atoms with Gasteiger partial charge in [-0.05, 0) is 68.8 Å². The molecule has 0 aliphatic heterocycles. The van der Waals surface area contributed by atoms with Crippen LogP contribution in [-0.2, 0) is 9.53 Å². The van der Waals surface area contributed by atoms with Crippen molar-refractivity contribution in [2.24, 2.45) is 0 Å². The van der Waals surface area contributed by atoms with Gasteiger partial charge in [0, 0.05) is 52.7 Å². The summed E-state index contributed by atoms with van der Waals surface area (Å²) < 4.78 is 13.5. The first-order valence-corrected chi connectivity index (χ1v) is 14.4. The van der Waals surface area contributed by atoms with E-state index in [0.717, 1.165) is 0 Å². The predicted octanol–water partition coefficient (Wildman–Crippen LogP) is 2.73. The summed E-state index contributed by atoms with van der Waals surface area (Å²) in [6.45, 7) is 7.60. The number of nitrogens with zero attached hydrogens (tertiary/aromatic N) is 1. The van der Waals surface area contributed by atoms with Crippen molar-refractivity contribution in [1.29, 1.82) is 0 Å². The number of carboxylic acid groups (broad SMARTS) is 1. The molecule has 0 unspecified atom stereocenters. The lowest BCUT2D eigenvalue weighted by Gasteiger charge is -2.27. The van der Waals surface area contributed by atoms with E-state index in [2.05, 4.69) is 5.32 Å². The van der Waals surface area contributed by atoms with Crippen LogP contribution in [0.15, 0.2) is 59.5 Å². The standard InChI is InChI=1S/C30H36B3ClN2O7/c1-5-24(37)20-11-8-18(34)14-21(20)22-15-26(38)36(16-25(22)43-30(31,32)33)23(12-13-42-29(2,3)4)27(39)35-19-9-6-17(7-10-19)28(40)41/h6-11,14-16,23H,5,12-13,31-33H2,1-4H3,(H,35,39)(H,40,41)/t23-/m0/s1. The average molecular weight is 605 g/mol. The molecule has 2 aromatic carbocycles. The molecule has 1 aromatic heterocycles. The first-order valence-electron chi connectivity index (χ1n) is 14.1. The van der Waals surface area contributed by atoms with Crippen LogP contribution in [0.1, 0.15) is 67.3 Å². The Morgan fingerprint density at radius 3 is 2.23 bits per heavy atom. The van der Waals surface area contributed by atoms with Crippen molar-refractivity contribution < 1.29 is 29.0 Å². The highest BCUT2D eigenvalue weighted by atomic mass is 35.5. The van der Waals surface area contributed by atoms with Crippen LogP contribution in [0.25, 0.3) is 11.1 Å². The largest absolute Gasteiger partial charge is 0.511 e. The van der Waals surface area contributed by atoms with Crippen molar-refractivity contribution >= 4 is 58.5 Å². The van der Waals surface area contributed by atoms with Gasteiger partial charge in [0.05, 0.1) is 17.4 Å². The number of benzene rings is 2. The molecule has 0 fully saturated rings. The fraction of sp³-hybridized carbons (Fsp3) is 0.333. The Morgan fingerprint density at radius 1 is 1.02 bits per heavy atom. The van der Waals surface area contributed by atoms with Crippen molar-refractivity contribution in [2.75, 3.05) is 11.9 Å². The van der Waals surface area contributed by atoms with Gasteiger partial charge < -0.3 is 19.9 Å². The highest BCUT2D eigenvalue weighted by Crippen LogP contribution is 2.35.